The second-order valence-electron chi connectivity index (χ2n) is 8.83. The van der Waals surface area contributed by atoms with Crippen molar-refractivity contribution >= 4 is 17.5 Å². The largest absolute Gasteiger partial charge is 0.495 e. The highest BCUT2D eigenvalue weighted by atomic mass is 16.5. The van der Waals surface area contributed by atoms with Gasteiger partial charge in [0.2, 0.25) is 5.91 Å². The van der Waals surface area contributed by atoms with E-state index < -0.39 is 11.5 Å². The van der Waals surface area contributed by atoms with Crippen LogP contribution in [-0.2, 0) is 9.53 Å². The minimum Gasteiger partial charge on any atom is -0.495 e. The molecule has 1 heterocycles. The molecule has 1 aliphatic heterocycles. The van der Waals surface area contributed by atoms with Gasteiger partial charge in [-0.3, -0.25) is 9.59 Å². The van der Waals surface area contributed by atoms with Gasteiger partial charge in [0, 0.05) is 19.2 Å². The zero-order valence-corrected chi connectivity index (χ0v) is 19.1. The molecular formula is C26H32N2O4. The van der Waals surface area contributed by atoms with E-state index in [4.69, 9.17) is 9.47 Å². The summed E-state index contributed by atoms with van der Waals surface area (Å²) in [6, 6.07) is 13.3. The molecule has 0 aromatic heterocycles. The summed E-state index contributed by atoms with van der Waals surface area (Å²) in [7, 11) is 3.24. The standard InChI is InChI=1S/C26H32N2O4/c1-18-11-12-22(32-3)21(17-18)27-24(29)23-19-9-5-6-10-20(19)25(30)28(15-16-31-2)26(23)13-7-4-8-14-26/h5-6,9-12,17,23H,4,7-8,13-16H2,1-3H3,(H,27,29). The van der Waals surface area contributed by atoms with Gasteiger partial charge in [-0.1, -0.05) is 43.5 Å². The molecule has 1 spiro atoms. The third-order valence-corrected chi connectivity index (χ3v) is 6.94. The van der Waals surface area contributed by atoms with E-state index in [1.54, 1.807) is 14.2 Å². The molecule has 2 amide bonds. The average molecular weight is 437 g/mol. The van der Waals surface area contributed by atoms with Crippen LogP contribution in [0.3, 0.4) is 0 Å². The molecule has 1 saturated carbocycles. The number of benzene rings is 2. The first kappa shape index (κ1) is 22.3. The normalized spacial score (nSPS) is 19.5. The van der Waals surface area contributed by atoms with Gasteiger partial charge in [0.1, 0.15) is 5.75 Å². The second-order valence-corrected chi connectivity index (χ2v) is 8.83. The van der Waals surface area contributed by atoms with Crippen LogP contribution in [0.1, 0.15) is 59.5 Å². The number of hydrogen-bond donors (Lipinski definition) is 1. The van der Waals surface area contributed by atoms with Gasteiger partial charge in [-0.15, -0.1) is 0 Å². The number of carbonyl (C=O) groups excluding carboxylic acids is 2. The van der Waals surface area contributed by atoms with Crippen LogP contribution in [0, 0.1) is 6.92 Å². The summed E-state index contributed by atoms with van der Waals surface area (Å²) in [6.45, 7) is 2.90. The Bertz CT molecular complexity index is 997. The molecule has 170 valence electrons. The van der Waals surface area contributed by atoms with Crippen molar-refractivity contribution in [2.24, 2.45) is 0 Å². The van der Waals surface area contributed by atoms with Crippen molar-refractivity contribution in [3.63, 3.8) is 0 Å². The van der Waals surface area contributed by atoms with E-state index in [0.717, 1.165) is 43.2 Å². The summed E-state index contributed by atoms with van der Waals surface area (Å²) in [4.78, 5) is 29.5. The quantitative estimate of drug-likeness (QED) is 0.722. The van der Waals surface area contributed by atoms with E-state index in [-0.39, 0.29) is 11.8 Å². The molecule has 2 aliphatic rings. The van der Waals surface area contributed by atoms with Crippen LogP contribution in [0.15, 0.2) is 42.5 Å². The van der Waals surface area contributed by atoms with Crippen LogP contribution in [-0.4, -0.2) is 49.6 Å². The van der Waals surface area contributed by atoms with E-state index in [1.165, 1.54) is 0 Å². The predicted octanol–water partition coefficient (Wildman–Crippen LogP) is 4.53. The fraction of sp³-hybridized carbons (Fsp3) is 0.462. The zero-order chi connectivity index (χ0) is 22.7. The Balaban J connectivity index is 1.81. The van der Waals surface area contributed by atoms with Crippen LogP contribution < -0.4 is 10.1 Å². The lowest BCUT2D eigenvalue weighted by molar-refractivity contribution is -0.122. The zero-order valence-electron chi connectivity index (χ0n) is 19.1. The Morgan fingerprint density at radius 1 is 1.12 bits per heavy atom. The number of carbonyl (C=O) groups is 2. The fourth-order valence-electron chi connectivity index (χ4n) is 5.48. The van der Waals surface area contributed by atoms with Crippen molar-refractivity contribution in [2.75, 3.05) is 32.7 Å². The summed E-state index contributed by atoms with van der Waals surface area (Å²) in [5.41, 5.74) is 2.56. The van der Waals surface area contributed by atoms with Crippen LogP contribution >= 0.6 is 0 Å². The lowest BCUT2D eigenvalue weighted by Crippen LogP contribution is -2.62. The lowest BCUT2D eigenvalue weighted by Gasteiger charge is -2.53. The van der Waals surface area contributed by atoms with Crippen molar-refractivity contribution in [1.82, 2.24) is 4.90 Å². The van der Waals surface area contributed by atoms with Gasteiger partial charge in [0.05, 0.1) is 30.9 Å². The molecular weight excluding hydrogens is 404 g/mol. The maximum Gasteiger partial charge on any atom is 0.254 e. The van der Waals surface area contributed by atoms with E-state index in [9.17, 15) is 9.59 Å². The molecule has 1 N–H and O–H groups in total. The third-order valence-electron chi connectivity index (χ3n) is 6.94. The van der Waals surface area contributed by atoms with Gasteiger partial charge < -0.3 is 19.7 Å². The fourth-order valence-corrected chi connectivity index (χ4v) is 5.48. The van der Waals surface area contributed by atoms with Crippen molar-refractivity contribution in [3.8, 4) is 5.75 Å². The summed E-state index contributed by atoms with van der Waals surface area (Å²) >= 11 is 0. The van der Waals surface area contributed by atoms with E-state index in [1.807, 2.05) is 54.3 Å². The minimum atomic E-state index is -0.552. The van der Waals surface area contributed by atoms with E-state index in [2.05, 4.69) is 5.32 Å². The van der Waals surface area contributed by atoms with Crippen LogP contribution in [0.5, 0.6) is 5.75 Å². The van der Waals surface area contributed by atoms with Crippen LogP contribution in [0.4, 0.5) is 5.69 Å². The molecule has 0 radical (unpaired) electrons. The molecule has 0 bridgehead atoms. The highest BCUT2D eigenvalue weighted by molar-refractivity contribution is 6.05. The summed E-state index contributed by atoms with van der Waals surface area (Å²) in [6.07, 6.45) is 4.72. The number of ether oxygens (including phenoxy) is 2. The molecule has 1 unspecified atom stereocenters. The van der Waals surface area contributed by atoms with Crippen molar-refractivity contribution in [1.29, 1.82) is 0 Å². The summed E-state index contributed by atoms with van der Waals surface area (Å²) in [5.74, 6) is 0.0618. The van der Waals surface area contributed by atoms with Gasteiger partial charge in [0.15, 0.2) is 0 Å². The topological polar surface area (TPSA) is 67.9 Å². The first-order chi connectivity index (χ1) is 15.5. The number of fused-ring (bicyclic) bond motifs is 1. The lowest BCUT2D eigenvalue weighted by atomic mass is 9.65. The molecule has 32 heavy (non-hydrogen) atoms. The number of amides is 2. The number of aryl methyl sites for hydroxylation is 1. The Hall–Kier alpha value is -2.86. The highest BCUT2D eigenvalue weighted by Gasteiger charge is 2.54. The molecule has 0 saturated heterocycles. The molecule has 6 nitrogen and oxygen atoms in total. The Kier molecular flexibility index (Phi) is 6.51. The molecule has 1 fully saturated rings. The molecule has 6 heteroatoms. The monoisotopic (exact) mass is 436 g/mol. The summed E-state index contributed by atoms with van der Waals surface area (Å²) < 4.78 is 10.8. The van der Waals surface area contributed by atoms with Gasteiger partial charge in [0.25, 0.3) is 5.91 Å². The Morgan fingerprint density at radius 3 is 2.59 bits per heavy atom. The maximum atomic E-state index is 14.0. The number of anilines is 1. The Labute approximate surface area is 189 Å². The smallest absolute Gasteiger partial charge is 0.254 e. The third kappa shape index (κ3) is 3.88. The van der Waals surface area contributed by atoms with E-state index in [0.29, 0.717) is 30.2 Å². The van der Waals surface area contributed by atoms with Crippen molar-refractivity contribution < 1.29 is 19.1 Å². The first-order valence-electron chi connectivity index (χ1n) is 11.4. The van der Waals surface area contributed by atoms with Gasteiger partial charge >= 0.3 is 0 Å². The van der Waals surface area contributed by atoms with Crippen molar-refractivity contribution in [3.05, 3.63) is 59.2 Å². The average Bonchev–Trinajstić information content (AvgIpc) is 2.80. The van der Waals surface area contributed by atoms with Gasteiger partial charge in [-0.25, -0.2) is 0 Å². The van der Waals surface area contributed by atoms with E-state index >= 15 is 0 Å². The molecule has 2 aromatic rings. The molecule has 1 aliphatic carbocycles. The SMILES string of the molecule is COCCN1C(=O)c2ccccc2C(C(=O)Nc2cc(C)ccc2OC)C12CCCCC2. The molecule has 2 aromatic carbocycles. The predicted molar refractivity (Wildman–Crippen MR) is 124 cm³/mol. The number of rotatable bonds is 6. The highest BCUT2D eigenvalue weighted by Crippen LogP contribution is 2.49. The molecule has 1 atom stereocenters. The Morgan fingerprint density at radius 2 is 1.88 bits per heavy atom. The first-order valence-corrected chi connectivity index (χ1v) is 11.4. The number of methoxy groups -OCH3 is 2. The van der Waals surface area contributed by atoms with Gasteiger partial charge in [-0.05, 0) is 49.1 Å². The number of hydrogen-bond acceptors (Lipinski definition) is 4. The van der Waals surface area contributed by atoms with Crippen molar-refractivity contribution in [2.45, 2.75) is 50.5 Å². The minimum absolute atomic E-state index is 0.00302. The van der Waals surface area contributed by atoms with Gasteiger partial charge in [-0.2, -0.15) is 0 Å². The van der Waals surface area contributed by atoms with Crippen LogP contribution in [0.2, 0.25) is 0 Å². The summed E-state index contributed by atoms with van der Waals surface area (Å²) in [5, 5.41) is 3.14. The second kappa shape index (κ2) is 9.33. The number of nitrogens with one attached hydrogen (secondary N) is 1. The molecule has 4 rings (SSSR count). The maximum absolute atomic E-state index is 14.0. The number of nitrogens with zero attached hydrogens (tertiary/aromatic N) is 1. The van der Waals surface area contributed by atoms with Crippen LogP contribution in [0.25, 0.3) is 0 Å².